The van der Waals surface area contributed by atoms with E-state index in [2.05, 4.69) is 15.3 Å². The molecule has 7 nitrogen and oxygen atoms in total. The minimum atomic E-state index is 0.0356. The zero-order valence-electron chi connectivity index (χ0n) is 16.2. The van der Waals surface area contributed by atoms with Gasteiger partial charge in [0.25, 0.3) is 5.91 Å². The van der Waals surface area contributed by atoms with Gasteiger partial charge in [0.2, 0.25) is 5.88 Å². The van der Waals surface area contributed by atoms with Crippen molar-refractivity contribution < 1.29 is 14.3 Å². The maximum absolute atomic E-state index is 12.9. The van der Waals surface area contributed by atoms with Gasteiger partial charge in [0.15, 0.2) is 0 Å². The van der Waals surface area contributed by atoms with E-state index in [1.807, 2.05) is 29.2 Å². The lowest BCUT2D eigenvalue weighted by Gasteiger charge is -2.23. The minimum Gasteiger partial charge on any atom is -0.481 e. The van der Waals surface area contributed by atoms with Gasteiger partial charge < -0.3 is 19.7 Å². The summed E-state index contributed by atoms with van der Waals surface area (Å²) in [5.74, 6) is 0.631. The van der Waals surface area contributed by atoms with E-state index in [4.69, 9.17) is 9.47 Å². The highest BCUT2D eigenvalue weighted by Gasteiger charge is 2.30. The maximum atomic E-state index is 12.9. The van der Waals surface area contributed by atoms with Crippen LogP contribution >= 0.6 is 0 Å². The molecule has 1 amide bonds. The molecule has 0 bridgehead atoms. The van der Waals surface area contributed by atoms with Crippen molar-refractivity contribution >= 4 is 5.91 Å². The van der Waals surface area contributed by atoms with Crippen LogP contribution in [0, 0.1) is 0 Å². The molecule has 2 aromatic rings. The molecule has 4 rings (SSSR count). The minimum absolute atomic E-state index is 0.0356. The Morgan fingerprint density at radius 3 is 2.93 bits per heavy atom. The standard InChI is InChI=1S/C21H26N4O3/c1-27-20-15(13-23-17-6-10-28-11-7-17)12-18-19(24-20)14-25(21(18)26)9-5-16-4-2-3-8-22-16/h2-4,8,12,17,23H,5-7,9-11,13-14H2,1H3. The van der Waals surface area contributed by atoms with E-state index in [1.165, 1.54) is 0 Å². The van der Waals surface area contributed by atoms with Crippen LogP contribution in [0.25, 0.3) is 0 Å². The molecule has 2 aromatic heterocycles. The first-order valence-corrected chi connectivity index (χ1v) is 9.81. The van der Waals surface area contributed by atoms with E-state index in [0.717, 1.165) is 49.4 Å². The summed E-state index contributed by atoms with van der Waals surface area (Å²) in [6.45, 7) is 3.37. The van der Waals surface area contributed by atoms with E-state index in [-0.39, 0.29) is 5.91 Å². The molecular weight excluding hydrogens is 356 g/mol. The van der Waals surface area contributed by atoms with Gasteiger partial charge in [0, 0.05) is 56.2 Å². The molecule has 0 unspecified atom stereocenters. The molecule has 2 aliphatic rings. The molecule has 2 aliphatic heterocycles. The van der Waals surface area contributed by atoms with Crippen molar-refractivity contribution in [3.05, 3.63) is 53.0 Å². The van der Waals surface area contributed by atoms with Crippen LogP contribution in [0.4, 0.5) is 0 Å². The SMILES string of the molecule is COc1nc2c(cc1CNC1CCOCC1)C(=O)N(CCc1ccccn1)C2. The predicted molar refractivity (Wildman–Crippen MR) is 104 cm³/mol. The highest BCUT2D eigenvalue weighted by molar-refractivity contribution is 5.98. The van der Waals surface area contributed by atoms with E-state index in [0.29, 0.717) is 37.1 Å². The highest BCUT2D eigenvalue weighted by atomic mass is 16.5. The molecule has 0 aromatic carbocycles. The fourth-order valence-corrected chi connectivity index (χ4v) is 3.74. The lowest BCUT2D eigenvalue weighted by molar-refractivity contribution is 0.0775. The van der Waals surface area contributed by atoms with Crippen molar-refractivity contribution in [2.45, 2.75) is 38.4 Å². The number of ether oxygens (including phenoxy) is 2. The van der Waals surface area contributed by atoms with Crippen molar-refractivity contribution in [2.75, 3.05) is 26.9 Å². The number of hydrogen-bond acceptors (Lipinski definition) is 6. The van der Waals surface area contributed by atoms with Gasteiger partial charge in [-0.25, -0.2) is 4.98 Å². The summed E-state index contributed by atoms with van der Waals surface area (Å²) in [7, 11) is 1.63. The third kappa shape index (κ3) is 4.15. The Labute approximate surface area is 165 Å². The summed E-state index contributed by atoms with van der Waals surface area (Å²) in [5, 5.41) is 3.54. The molecule has 1 N–H and O–H groups in total. The van der Waals surface area contributed by atoms with Crippen LogP contribution in [0.5, 0.6) is 5.88 Å². The number of fused-ring (bicyclic) bond motifs is 1. The summed E-state index contributed by atoms with van der Waals surface area (Å²) < 4.78 is 10.9. The third-order valence-corrected chi connectivity index (χ3v) is 5.36. The number of amides is 1. The first-order chi connectivity index (χ1) is 13.7. The van der Waals surface area contributed by atoms with Gasteiger partial charge in [-0.2, -0.15) is 0 Å². The van der Waals surface area contributed by atoms with Gasteiger partial charge in [-0.05, 0) is 31.0 Å². The van der Waals surface area contributed by atoms with Crippen LogP contribution in [0.3, 0.4) is 0 Å². The molecule has 1 saturated heterocycles. The van der Waals surface area contributed by atoms with Gasteiger partial charge in [0.1, 0.15) is 0 Å². The maximum Gasteiger partial charge on any atom is 0.256 e. The Kier molecular flexibility index (Phi) is 5.83. The third-order valence-electron chi connectivity index (χ3n) is 5.36. The molecule has 0 aliphatic carbocycles. The number of nitrogens with zero attached hydrogens (tertiary/aromatic N) is 3. The van der Waals surface area contributed by atoms with Crippen LogP contribution in [0.2, 0.25) is 0 Å². The molecule has 7 heteroatoms. The van der Waals surface area contributed by atoms with Crippen molar-refractivity contribution in [1.29, 1.82) is 0 Å². The Balaban J connectivity index is 1.43. The van der Waals surface area contributed by atoms with Gasteiger partial charge >= 0.3 is 0 Å². The predicted octanol–water partition coefficient (Wildman–Crippen LogP) is 1.95. The Bertz CT molecular complexity index is 822. The van der Waals surface area contributed by atoms with Crippen LogP contribution in [-0.2, 0) is 24.2 Å². The van der Waals surface area contributed by atoms with Gasteiger partial charge in [0.05, 0.1) is 24.9 Å². The molecule has 1 fully saturated rings. The lowest BCUT2D eigenvalue weighted by atomic mass is 10.1. The Morgan fingerprint density at radius 2 is 2.18 bits per heavy atom. The number of aromatic nitrogens is 2. The number of carbonyl (C=O) groups excluding carboxylic acids is 1. The highest BCUT2D eigenvalue weighted by Crippen LogP contribution is 2.27. The Hall–Kier alpha value is -2.51. The summed E-state index contributed by atoms with van der Waals surface area (Å²) in [5.41, 5.74) is 3.38. The van der Waals surface area contributed by atoms with Gasteiger partial charge in [-0.15, -0.1) is 0 Å². The van der Waals surface area contributed by atoms with Crippen molar-refractivity contribution in [3.63, 3.8) is 0 Å². The smallest absolute Gasteiger partial charge is 0.256 e. The lowest BCUT2D eigenvalue weighted by Crippen LogP contribution is -2.34. The first-order valence-electron chi connectivity index (χ1n) is 9.81. The number of rotatable bonds is 7. The molecule has 148 valence electrons. The molecule has 0 radical (unpaired) electrons. The number of pyridine rings is 2. The van der Waals surface area contributed by atoms with Crippen LogP contribution < -0.4 is 10.1 Å². The topological polar surface area (TPSA) is 76.6 Å². The second-order valence-corrected chi connectivity index (χ2v) is 7.22. The molecular formula is C21H26N4O3. The molecule has 0 atom stereocenters. The monoisotopic (exact) mass is 382 g/mol. The molecule has 0 saturated carbocycles. The summed E-state index contributed by atoms with van der Waals surface area (Å²) in [6.07, 6.45) is 4.51. The van der Waals surface area contributed by atoms with Crippen LogP contribution in [0.1, 0.15) is 40.2 Å². The number of methoxy groups -OCH3 is 1. The molecule has 4 heterocycles. The average molecular weight is 382 g/mol. The van der Waals surface area contributed by atoms with E-state index >= 15 is 0 Å². The van der Waals surface area contributed by atoms with E-state index in [1.54, 1.807) is 13.3 Å². The molecule has 28 heavy (non-hydrogen) atoms. The normalized spacial score (nSPS) is 17.0. The van der Waals surface area contributed by atoms with Gasteiger partial charge in [-0.1, -0.05) is 6.07 Å². The zero-order chi connectivity index (χ0) is 19.3. The summed E-state index contributed by atoms with van der Waals surface area (Å²) >= 11 is 0. The second kappa shape index (κ2) is 8.67. The zero-order valence-corrected chi connectivity index (χ0v) is 16.2. The van der Waals surface area contributed by atoms with E-state index < -0.39 is 0 Å². The number of hydrogen-bond donors (Lipinski definition) is 1. The summed E-state index contributed by atoms with van der Waals surface area (Å²) in [6, 6.07) is 8.21. The second-order valence-electron chi connectivity index (χ2n) is 7.22. The molecule has 0 spiro atoms. The average Bonchev–Trinajstić information content (AvgIpc) is 3.06. The van der Waals surface area contributed by atoms with Crippen molar-refractivity contribution in [1.82, 2.24) is 20.2 Å². The quantitative estimate of drug-likeness (QED) is 0.789. The van der Waals surface area contributed by atoms with Crippen molar-refractivity contribution in [3.8, 4) is 5.88 Å². The van der Waals surface area contributed by atoms with Crippen LogP contribution in [0.15, 0.2) is 30.5 Å². The fraction of sp³-hybridized carbons (Fsp3) is 0.476. The largest absolute Gasteiger partial charge is 0.481 e. The first kappa shape index (κ1) is 18.8. The Morgan fingerprint density at radius 1 is 1.32 bits per heavy atom. The van der Waals surface area contributed by atoms with Gasteiger partial charge in [-0.3, -0.25) is 9.78 Å². The van der Waals surface area contributed by atoms with Crippen LogP contribution in [-0.4, -0.2) is 53.7 Å². The number of nitrogens with one attached hydrogen (secondary N) is 1. The van der Waals surface area contributed by atoms with Crippen molar-refractivity contribution in [2.24, 2.45) is 0 Å². The summed E-state index contributed by atoms with van der Waals surface area (Å²) in [4.78, 5) is 23.7. The van der Waals surface area contributed by atoms with E-state index in [9.17, 15) is 4.79 Å². The number of carbonyl (C=O) groups is 1. The fourth-order valence-electron chi connectivity index (χ4n) is 3.74.